The predicted octanol–water partition coefficient (Wildman–Crippen LogP) is 1.39. The van der Waals surface area contributed by atoms with Gasteiger partial charge in [-0.1, -0.05) is 13.0 Å². The van der Waals surface area contributed by atoms with Crippen molar-refractivity contribution in [1.82, 2.24) is 5.32 Å². The third-order valence-corrected chi connectivity index (χ3v) is 2.87. The van der Waals surface area contributed by atoms with Crippen molar-refractivity contribution in [1.29, 1.82) is 0 Å². The molecule has 0 aliphatic carbocycles. The highest BCUT2D eigenvalue weighted by atomic mass is 32.2. The van der Waals surface area contributed by atoms with Crippen LogP contribution < -0.4 is 5.32 Å². The van der Waals surface area contributed by atoms with E-state index >= 15 is 0 Å². The fourth-order valence-corrected chi connectivity index (χ4v) is 2.06. The maximum Gasteiger partial charge on any atom is 0.244 e. The van der Waals surface area contributed by atoms with Crippen LogP contribution in [-0.2, 0) is 4.79 Å². The highest BCUT2D eigenvalue weighted by molar-refractivity contribution is 7.99. The zero-order valence-corrected chi connectivity index (χ0v) is 7.65. The van der Waals surface area contributed by atoms with Gasteiger partial charge in [0.1, 0.15) is 0 Å². The summed E-state index contributed by atoms with van der Waals surface area (Å²) in [5, 5.41) is 3.18. The van der Waals surface area contributed by atoms with Gasteiger partial charge in [-0.3, -0.25) is 4.79 Å². The molecule has 0 saturated carbocycles. The van der Waals surface area contributed by atoms with Gasteiger partial charge in [0.25, 0.3) is 0 Å². The number of nitrogens with one attached hydrogen (secondary N) is 1. The molecule has 1 rings (SSSR count). The second-order valence-electron chi connectivity index (χ2n) is 2.60. The maximum absolute atomic E-state index is 10.9. The van der Waals surface area contributed by atoms with Crippen molar-refractivity contribution in [2.24, 2.45) is 5.92 Å². The highest BCUT2D eigenvalue weighted by Crippen LogP contribution is 2.21. The number of amides is 1. The molecular formula is C8H13NOS. The zero-order valence-electron chi connectivity index (χ0n) is 6.83. The molecule has 0 aromatic heterocycles. The molecule has 0 aromatic rings. The number of hydrogen-bond donors (Lipinski definition) is 1. The summed E-state index contributed by atoms with van der Waals surface area (Å²) in [6.45, 7) is 2.13. The normalized spacial score (nSPS) is 30.2. The van der Waals surface area contributed by atoms with E-state index < -0.39 is 0 Å². The lowest BCUT2D eigenvalue weighted by molar-refractivity contribution is -0.117. The van der Waals surface area contributed by atoms with Crippen molar-refractivity contribution in [2.45, 2.75) is 18.7 Å². The number of carbonyl (C=O) groups excluding carboxylic acids is 1. The highest BCUT2D eigenvalue weighted by Gasteiger charge is 2.21. The van der Waals surface area contributed by atoms with Crippen molar-refractivity contribution < 1.29 is 4.79 Å². The van der Waals surface area contributed by atoms with Crippen molar-refractivity contribution in [3.05, 3.63) is 12.2 Å². The van der Waals surface area contributed by atoms with E-state index in [0.29, 0.717) is 5.92 Å². The van der Waals surface area contributed by atoms with E-state index in [1.54, 1.807) is 17.8 Å². The summed E-state index contributed by atoms with van der Waals surface area (Å²) in [4.78, 5) is 10.9. The minimum atomic E-state index is 0.0362. The van der Waals surface area contributed by atoms with Crippen molar-refractivity contribution in [2.75, 3.05) is 6.26 Å². The van der Waals surface area contributed by atoms with Crippen LogP contribution in [0.25, 0.3) is 0 Å². The van der Waals surface area contributed by atoms with Crippen LogP contribution in [0.3, 0.4) is 0 Å². The Morgan fingerprint density at radius 3 is 3.00 bits per heavy atom. The molecule has 1 N–H and O–H groups in total. The van der Waals surface area contributed by atoms with E-state index in [0.717, 1.165) is 6.42 Å². The van der Waals surface area contributed by atoms with Gasteiger partial charge in [0.15, 0.2) is 0 Å². The Morgan fingerprint density at radius 2 is 2.45 bits per heavy atom. The molecule has 0 bridgehead atoms. The first-order chi connectivity index (χ1) is 5.27. The molecule has 2 atom stereocenters. The molecule has 0 saturated heterocycles. The van der Waals surface area contributed by atoms with Crippen LogP contribution in [0.5, 0.6) is 0 Å². The van der Waals surface area contributed by atoms with E-state index in [1.165, 1.54) is 0 Å². The van der Waals surface area contributed by atoms with Crippen molar-refractivity contribution in [3.63, 3.8) is 0 Å². The quantitative estimate of drug-likeness (QED) is 0.680. The molecule has 3 heteroatoms. The van der Waals surface area contributed by atoms with Crippen LogP contribution in [-0.4, -0.2) is 17.5 Å². The molecule has 0 aromatic carbocycles. The largest absolute Gasteiger partial charge is 0.340 e. The molecule has 2 unspecified atom stereocenters. The van der Waals surface area contributed by atoms with Gasteiger partial charge < -0.3 is 5.32 Å². The van der Waals surface area contributed by atoms with E-state index in [-0.39, 0.29) is 11.3 Å². The molecule has 2 nitrogen and oxygen atoms in total. The Kier molecular flexibility index (Phi) is 3.00. The molecular weight excluding hydrogens is 158 g/mol. The molecule has 0 spiro atoms. The van der Waals surface area contributed by atoms with Crippen LogP contribution in [0.4, 0.5) is 0 Å². The Morgan fingerprint density at radius 1 is 1.73 bits per heavy atom. The standard InChI is InChI=1S/C8H13NOS/c1-3-6-4-5-7(10)9-8(6)11-2/h4-6,8H,3H2,1-2H3,(H,9,10). The van der Waals surface area contributed by atoms with Gasteiger partial charge >= 0.3 is 0 Å². The maximum atomic E-state index is 10.9. The Bertz CT molecular complexity index is 179. The number of carbonyl (C=O) groups is 1. The molecule has 0 radical (unpaired) electrons. The van der Waals surface area contributed by atoms with Gasteiger partial charge in [0.2, 0.25) is 5.91 Å². The van der Waals surface area contributed by atoms with Crippen LogP contribution in [0, 0.1) is 5.92 Å². The summed E-state index contributed by atoms with van der Waals surface area (Å²) in [5.41, 5.74) is 0. The Labute approximate surface area is 71.4 Å². The smallest absolute Gasteiger partial charge is 0.244 e. The minimum absolute atomic E-state index is 0.0362. The third kappa shape index (κ3) is 1.99. The van der Waals surface area contributed by atoms with Crippen LogP contribution in [0.1, 0.15) is 13.3 Å². The summed E-state index contributed by atoms with van der Waals surface area (Å²) in [6.07, 6.45) is 6.73. The first-order valence-corrected chi connectivity index (χ1v) is 5.08. The SMILES string of the molecule is CCC1C=CC(=O)NC1SC. The average Bonchev–Trinajstić information content (AvgIpc) is 2.04. The molecule has 1 amide bonds. The fourth-order valence-electron chi connectivity index (χ4n) is 1.19. The average molecular weight is 171 g/mol. The van der Waals surface area contributed by atoms with E-state index in [9.17, 15) is 4.79 Å². The summed E-state index contributed by atoms with van der Waals surface area (Å²) in [7, 11) is 0. The van der Waals surface area contributed by atoms with Crippen LogP contribution in [0.2, 0.25) is 0 Å². The molecule has 1 heterocycles. The molecule has 0 fully saturated rings. The number of hydrogen-bond acceptors (Lipinski definition) is 2. The van der Waals surface area contributed by atoms with Crippen molar-refractivity contribution in [3.8, 4) is 0 Å². The molecule has 11 heavy (non-hydrogen) atoms. The summed E-state index contributed by atoms with van der Waals surface area (Å²) < 4.78 is 0. The lowest BCUT2D eigenvalue weighted by atomic mass is 10.0. The number of thioether (sulfide) groups is 1. The number of rotatable bonds is 2. The van der Waals surface area contributed by atoms with Gasteiger partial charge in [-0.25, -0.2) is 0 Å². The molecule has 62 valence electrons. The topological polar surface area (TPSA) is 29.1 Å². The first-order valence-electron chi connectivity index (χ1n) is 3.79. The monoisotopic (exact) mass is 171 g/mol. The van der Waals surface area contributed by atoms with Gasteiger partial charge in [-0.15, -0.1) is 11.8 Å². The summed E-state index contributed by atoms with van der Waals surface area (Å²) in [6, 6.07) is 0. The van der Waals surface area contributed by atoms with E-state index in [2.05, 4.69) is 12.2 Å². The Hall–Kier alpha value is -0.440. The van der Waals surface area contributed by atoms with Crippen LogP contribution in [0.15, 0.2) is 12.2 Å². The second kappa shape index (κ2) is 3.81. The fraction of sp³-hybridized carbons (Fsp3) is 0.625. The summed E-state index contributed by atoms with van der Waals surface area (Å²) >= 11 is 1.70. The molecule has 1 aliphatic heterocycles. The van der Waals surface area contributed by atoms with Crippen molar-refractivity contribution >= 4 is 17.7 Å². The van der Waals surface area contributed by atoms with E-state index in [4.69, 9.17) is 0 Å². The second-order valence-corrected chi connectivity index (χ2v) is 3.58. The van der Waals surface area contributed by atoms with Gasteiger partial charge in [-0.05, 0) is 18.8 Å². The summed E-state index contributed by atoms with van der Waals surface area (Å²) in [5.74, 6) is 0.539. The lowest BCUT2D eigenvalue weighted by Gasteiger charge is -2.25. The van der Waals surface area contributed by atoms with E-state index in [1.807, 2.05) is 12.3 Å². The predicted molar refractivity (Wildman–Crippen MR) is 48.4 cm³/mol. The van der Waals surface area contributed by atoms with Gasteiger partial charge in [0.05, 0.1) is 5.37 Å². The minimum Gasteiger partial charge on any atom is -0.340 e. The third-order valence-electron chi connectivity index (χ3n) is 1.89. The van der Waals surface area contributed by atoms with Crippen LogP contribution >= 0.6 is 11.8 Å². The molecule has 1 aliphatic rings. The van der Waals surface area contributed by atoms with Gasteiger partial charge in [0, 0.05) is 5.92 Å². The first kappa shape index (κ1) is 8.65. The lowest BCUT2D eigenvalue weighted by Crippen LogP contribution is -2.39. The zero-order chi connectivity index (χ0) is 8.27. The van der Waals surface area contributed by atoms with Gasteiger partial charge in [-0.2, -0.15) is 0 Å². The Balaban J connectivity index is 2.63.